The molecule has 0 saturated carbocycles. The van der Waals surface area contributed by atoms with Crippen molar-refractivity contribution >= 4 is 50.2 Å². The predicted octanol–water partition coefficient (Wildman–Crippen LogP) is 5.52. The van der Waals surface area contributed by atoms with Crippen LogP contribution >= 0.6 is 50.2 Å². The molecule has 0 aliphatic rings. The lowest BCUT2D eigenvalue weighted by molar-refractivity contribution is 1.22. The molecule has 1 atom stereocenters. The summed E-state index contributed by atoms with van der Waals surface area (Å²) in [6.45, 7) is 4.19. The number of alkyl halides is 1. The zero-order chi connectivity index (χ0) is 11.0. The minimum absolute atomic E-state index is 0.0169. The Hall–Kier alpha value is 0.170. The summed E-state index contributed by atoms with van der Waals surface area (Å²) in [7, 11) is 0. The fourth-order valence-corrected chi connectivity index (χ4v) is 4.82. The summed E-state index contributed by atoms with van der Waals surface area (Å²) in [5.74, 6) is 0. The van der Waals surface area contributed by atoms with E-state index < -0.39 is 0 Å². The smallest absolute Gasteiger partial charge is 0.103 e. The van der Waals surface area contributed by atoms with Crippen LogP contribution in [0.1, 0.15) is 25.6 Å². The molecular formula is C11H10BrClS2. The van der Waals surface area contributed by atoms with Gasteiger partial charge in [0, 0.05) is 19.1 Å². The first kappa shape index (κ1) is 11.6. The molecule has 0 nitrogen and oxygen atoms in total. The Kier molecular flexibility index (Phi) is 3.56. The van der Waals surface area contributed by atoms with Gasteiger partial charge < -0.3 is 0 Å². The molecular weight excluding hydrogens is 312 g/mol. The lowest BCUT2D eigenvalue weighted by atomic mass is 10.2. The van der Waals surface area contributed by atoms with Crippen molar-refractivity contribution in [3.63, 3.8) is 0 Å². The van der Waals surface area contributed by atoms with Crippen molar-refractivity contribution in [2.24, 2.45) is 0 Å². The second kappa shape index (κ2) is 4.58. The summed E-state index contributed by atoms with van der Waals surface area (Å²) >= 11 is 13.5. The van der Waals surface area contributed by atoms with Crippen LogP contribution in [0.3, 0.4) is 0 Å². The molecule has 0 aliphatic carbocycles. The number of aryl methyl sites for hydroxylation is 2. The Labute approximate surface area is 111 Å². The molecule has 0 saturated heterocycles. The van der Waals surface area contributed by atoms with Gasteiger partial charge in [-0.05, 0) is 52.9 Å². The van der Waals surface area contributed by atoms with E-state index in [4.69, 9.17) is 11.6 Å². The first-order valence-corrected chi connectivity index (χ1v) is 7.45. The monoisotopic (exact) mass is 320 g/mol. The van der Waals surface area contributed by atoms with Gasteiger partial charge in [-0.2, -0.15) is 0 Å². The van der Waals surface area contributed by atoms with Crippen LogP contribution in [-0.2, 0) is 0 Å². The van der Waals surface area contributed by atoms with Crippen LogP contribution in [0, 0.1) is 13.8 Å². The van der Waals surface area contributed by atoms with Gasteiger partial charge in [-0.15, -0.1) is 34.3 Å². The molecule has 4 heteroatoms. The summed E-state index contributed by atoms with van der Waals surface area (Å²) in [5.41, 5.74) is 1.28. The molecule has 2 aromatic heterocycles. The van der Waals surface area contributed by atoms with Crippen LogP contribution in [-0.4, -0.2) is 0 Å². The van der Waals surface area contributed by atoms with Crippen molar-refractivity contribution in [2.45, 2.75) is 19.2 Å². The number of hydrogen-bond acceptors (Lipinski definition) is 2. The third kappa shape index (κ3) is 2.47. The highest BCUT2D eigenvalue weighted by molar-refractivity contribution is 9.10. The summed E-state index contributed by atoms with van der Waals surface area (Å²) in [6.07, 6.45) is 0. The summed E-state index contributed by atoms with van der Waals surface area (Å²) in [5, 5.41) is 2.12. The van der Waals surface area contributed by atoms with E-state index in [1.807, 2.05) is 0 Å². The Balaban J connectivity index is 2.35. The van der Waals surface area contributed by atoms with Crippen molar-refractivity contribution in [3.8, 4) is 0 Å². The highest BCUT2D eigenvalue weighted by atomic mass is 79.9. The lowest BCUT2D eigenvalue weighted by Crippen LogP contribution is -1.86. The molecule has 1 unspecified atom stereocenters. The topological polar surface area (TPSA) is 0 Å². The molecule has 0 spiro atoms. The van der Waals surface area contributed by atoms with E-state index in [-0.39, 0.29) is 5.38 Å². The fraction of sp³-hybridized carbons (Fsp3) is 0.273. The van der Waals surface area contributed by atoms with Crippen molar-refractivity contribution in [2.75, 3.05) is 0 Å². The predicted molar refractivity (Wildman–Crippen MR) is 73.5 cm³/mol. The minimum Gasteiger partial charge on any atom is -0.147 e. The highest BCUT2D eigenvalue weighted by Gasteiger charge is 2.17. The molecule has 80 valence electrons. The zero-order valence-corrected chi connectivity index (χ0v) is 12.4. The first-order valence-electron chi connectivity index (χ1n) is 4.53. The number of hydrogen-bond donors (Lipinski definition) is 0. The van der Waals surface area contributed by atoms with E-state index in [9.17, 15) is 0 Å². The average molecular weight is 322 g/mol. The van der Waals surface area contributed by atoms with Gasteiger partial charge in [0.25, 0.3) is 0 Å². The number of rotatable bonds is 2. The van der Waals surface area contributed by atoms with Gasteiger partial charge in [0.15, 0.2) is 0 Å². The van der Waals surface area contributed by atoms with E-state index in [1.54, 1.807) is 22.7 Å². The molecule has 2 rings (SSSR count). The van der Waals surface area contributed by atoms with E-state index >= 15 is 0 Å². The van der Waals surface area contributed by atoms with Gasteiger partial charge in [0.2, 0.25) is 0 Å². The van der Waals surface area contributed by atoms with E-state index in [1.165, 1.54) is 20.2 Å². The Morgan fingerprint density at radius 2 is 2.07 bits per heavy atom. The maximum absolute atomic E-state index is 6.45. The van der Waals surface area contributed by atoms with Crippen molar-refractivity contribution in [3.05, 3.63) is 42.2 Å². The quantitative estimate of drug-likeness (QED) is 0.639. The first-order chi connectivity index (χ1) is 7.08. The van der Waals surface area contributed by atoms with Crippen LogP contribution < -0.4 is 0 Å². The number of halogens is 2. The standard InChI is InChI=1S/C11H10BrClS2/c1-6-3-9(14-5-6)10(13)11-8(12)4-7(2)15-11/h3-5,10H,1-2H3. The largest absolute Gasteiger partial charge is 0.147 e. The third-order valence-corrected chi connectivity index (χ3v) is 5.93. The maximum atomic E-state index is 6.45. The maximum Gasteiger partial charge on any atom is 0.103 e. The van der Waals surface area contributed by atoms with Gasteiger partial charge in [0.05, 0.1) is 0 Å². The average Bonchev–Trinajstić information content (AvgIpc) is 2.71. The Bertz CT molecular complexity index is 473. The van der Waals surface area contributed by atoms with Gasteiger partial charge in [-0.3, -0.25) is 0 Å². The zero-order valence-electron chi connectivity index (χ0n) is 8.38. The molecule has 0 aromatic carbocycles. The van der Waals surface area contributed by atoms with Crippen molar-refractivity contribution < 1.29 is 0 Å². The Morgan fingerprint density at radius 1 is 1.33 bits per heavy atom. The fourth-order valence-electron chi connectivity index (χ4n) is 1.39. The summed E-state index contributed by atoms with van der Waals surface area (Å²) in [4.78, 5) is 3.71. The molecule has 0 N–H and O–H groups in total. The van der Waals surface area contributed by atoms with Gasteiger partial charge in [0.1, 0.15) is 5.38 Å². The molecule has 15 heavy (non-hydrogen) atoms. The van der Waals surface area contributed by atoms with E-state index in [2.05, 4.69) is 47.3 Å². The van der Waals surface area contributed by atoms with E-state index in [0.717, 1.165) is 4.47 Å². The molecule has 0 amide bonds. The number of thiophene rings is 2. The molecule has 0 bridgehead atoms. The molecule has 2 heterocycles. The van der Waals surface area contributed by atoms with Crippen molar-refractivity contribution in [1.82, 2.24) is 0 Å². The third-order valence-electron chi connectivity index (χ3n) is 2.07. The minimum atomic E-state index is -0.0169. The van der Waals surface area contributed by atoms with Gasteiger partial charge >= 0.3 is 0 Å². The second-order valence-corrected chi connectivity index (χ2v) is 6.98. The molecule has 0 fully saturated rings. The Morgan fingerprint density at radius 3 is 2.53 bits per heavy atom. The van der Waals surface area contributed by atoms with Crippen LogP contribution in [0.2, 0.25) is 0 Å². The SMILES string of the molecule is Cc1csc(C(Cl)c2sc(C)cc2Br)c1. The normalized spacial score (nSPS) is 13.1. The molecule has 2 aromatic rings. The highest BCUT2D eigenvalue weighted by Crippen LogP contribution is 2.41. The van der Waals surface area contributed by atoms with Gasteiger partial charge in [-0.25, -0.2) is 0 Å². The lowest BCUT2D eigenvalue weighted by Gasteiger charge is -2.04. The van der Waals surface area contributed by atoms with Crippen LogP contribution in [0.5, 0.6) is 0 Å². The second-order valence-electron chi connectivity index (χ2n) is 3.46. The van der Waals surface area contributed by atoms with E-state index in [0.29, 0.717) is 0 Å². The summed E-state index contributed by atoms with van der Waals surface area (Å²) < 4.78 is 1.12. The van der Waals surface area contributed by atoms with Gasteiger partial charge in [-0.1, -0.05) is 0 Å². The van der Waals surface area contributed by atoms with Crippen LogP contribution in [0.4, 0.5) is 0 Å². The van der Waals surface area contributed by atoms with Crippen molar-refractivity contribution in [1.29, 1.82) is 0 Å². The van der Waals surface area contributed by atoms with Crippen LogP contribution in [0.25, 0.3) is 0 Å². The summed E-state index contributed by atoms with van der Waals surface area (Å²) in [6, 6.07) is 4.28. The molecule has 0 aliphatic heterocycles. The molecule has 0 radical (unpaired) electrons. The van der Waals surface area contributed by atoms with Crippen LogP contribution in [0.15, 0.2) is 22.0 Å².